The minimum Gasteiger partial charge on any atom is -0.392 e. The van der Waals surface area contributed by atoms with Gasteiger partial charge in [-0.25, -0.2) is 0 Å². The molecule has 0 bridgehead atoms. The van der Waals surface area contributed by atoms with Crippen LogP contribution in [0, 0.1) is 5.41 Å². The molecule has 1 heterocycles. The summed E-state index contributed by atoms with van der Waals surface area (Å²) in [5, 5.41) is 17.6. The van der Waals surface area contributed by atoms with Gasteiger partial charge in [-0.15, -0.1) is 11.3 Å². The Balaban J connectivity index is 3.01. The van der Waals surface area contributed by atoms with Crippen molar-refractivity contribution in [1.29, 1.82) is 5.41 Å². The molecule has 4 heteroatoms. The first kappa shape index (κ1) is 7.24. The molecule has 0 radical (unpaired) electrons. The number of rotatable bonds is 2. The molecule has 0 saturated carbocycles. The van der Waals surface area contributed by atoms with Crippen LogP contribution in [0.1, 0.15) is 10.4 Å². The lowest BCUT2D eigenvalue weighted by molar-refractivity contribution is 0.282. The van der Waals surface area contributed by atoms with Gasteiger partial charge in [0.2, 0.25) is 0 Å². The summed E-state index contributed by atoms with van der Waals surface area (Å²) in [7, 11) is 0. The predicted molar refractivity (Wildman–Crippen MR) is 41.3 cm³/mol. The summed E-state index contributed by atoms with van der Waals surface area (Å²) in [6.07, 6.45) is 0. The van der Waals surface area contributed by atoms with Crippen LogP contribution in [0.3, 0.4) is 0 Å². The van der Waals surface area contributed by atoms with Crippen molar-refractivity contribution in [1.82, 2.24) is 0 Å². The van der Waals surface area contributed by atoms with Gasteiger partial charge in [-0.1, -0.05) is 0 Å². The number of hydrogen-bond acceptors (Lipinski definition) is 3. The summed E-state index contributed by atoms with van der Waals surface area (Å²) < 4.78 is 0. The van der Waals surface area contributed by atoms with Crippen molar-refractivity contribution in [3.05, 3.63) is 21.9 Å². The summed E-state index contributed by atoms with van der Waals surface area (Å²) in [4.78, 5) is 0.669. The van der Waals surface area contributed by atoms with Gasteiger partial charge >= 0.3 is 0 Å². The van der Waals surface area contributed by atoms with Crippen LogP contribution in [0.25, 0.3) is 0 Å². The lowest BCUT2D eigenvalue weighted by Crippen LogP contribution is -2.10. The van der Waals surface area contributed by atoms with E-state index in [1.54, 1.807) is 6.07 Å². The number of nitrogens with two attached hydrogens (primary N) is 1. The van der Waals surface area contributed by atoms with Gasteiger partial charge in [0, 0.05) is 0 Å². The molecular formula is C6H8N2OS. The fourth-order valence-electron chi connectivity index (χ4n) is 0.697. The third-order valence-corrected chi connectivity index (χ3v) is 2.15. The molecule has 0 aromatic carbocycles. The molecule has 1 aromatic heterocycles. The second-order valence-corrected chi connectivity index (χ2v) is 2.76. The molecule has 0 atom stereocenters. The van der Waals surface area contributed by atoms with E-state index in [-0.39, 0.29) is 12.4 Å². The molecule has 4 N–H and O–H groups in total. The van der Waals surface area contributed by atoms with E-state index >= 15 is 0 Å². The van der Waals surface area contributed by atoms with Crippen LogP contribution in [-0.4, -0.2) is 10.9 Å². The van der Waals surface area contributed by atoms with E-state index in [2.05, 4.69) is 0 Å². The smallest absolute Gasteiger partial charge is 0.133 e. The number of aliphatic hydroxyl groups is 1. The highest BCUT2D eigenvalue weighted by molar-refractivity contribution is 7.12. The van der Waals surface area contributed by atoms with Crippen molar-refractivity contribution >= 4 is 17.2 Å². The van der Waals surface area contributed by atoms with E-state index in [1.807, 2.05) is 5.38 Å². The first-order chi connectivity index (χ1) is 4.75. The van der Waals surface area contributed by atoms with Crippen LogP contribution in [0.5, 0.6) is 0 Å². The SMILES string of the molecule is N=C(N)c1sccc1CO. The van der Waals surface area contributed by atoms with Gasteiger partial charge in [-0.3, -0.25) is 5.41 Å². The van der Waals surface area contributed by atoms with E-state index in [0.29, 0.717) is 4.88 Å². The van der Waals surface area contributed by atoms with Gasteiger partial charge in [0.05, 0.1) is 11.5 Å². The second kappa shape index (κ2) is 2.81. The third kappa shape index (κ3) is 1.17. The maximum Gasteiger partial charge on any atom is 0.133 e. The molecule has 1 aromatic rings. The number of amidine groups is 1. The average Bonchev–Trinajstić information content (AvgIpc) is 2.33. The van der Waals surface area contributed by atoms with Gasteiger partial charge in [0.15, 0.2) is 0 Å². The van der Waals surface area contributed by atoms with Crippen molar-refractivity contribution in [2.75, 3.05) is 0 Å². The van der Waals surface area contributed by atoms with Crippen molar-refractivity contribution in [3.63, 3.8) is 0 Å². The van der Waals surface area contributed by atoms with Crippen LogP contribution >= 0.6 is 11.3 Å². The summed E-state index contributed by atoms with van der Waals surface area (Å²) in [6.45, 7) is -0.0432. The molecule has 0 aliphatic carbocycles. The number of nitrogen functional groups attached to an aromatic ring is 1. The van der Waals surface area contributed by atoms with Gasteiger partial charge < -0.3 is 10.8 Å². The standard InChI is InChI=1S/C6H8N2OS/c7-6(8)5-4(3-9)1-2-10-5/h1-2,9H,3H2,(H3,7,8). The van der Waals surface area contributed by atoms with E-state index in [1.165, 1.54) is 11.3 Å². The van der Waals surface area contributed by atoms with Crippen molar-refractivity contribution in [3.8, 4) is 0 Å². The molecule has 54 valence electrons. The van der Waals surface area contributed by atoms with Crippen molar-refractivity contribution in [2.24, 2.45) is 5.73 Å². The Hall–Kier alpha value is -0.870. The lowest BCUT2D eigenvalue weighted by Gasteiger charge is -1.94. The Morgan fingerprint density at radius 2 is 2.50 bits per heavy atom. The summed E-state index contributed by atoms with van der Waals surface area (Å²) in [5.41, 5.74) is 5.95. The van der Waals surface area contributed by atoms with E-state index in [4.69, 9.17) is 16.2 Å². The van der Waals surface area contributed by atoms with Gasteiger partial charge in [0.1, 0.15) is 5.84 Å². The Bertz CT molecular complexity index is 244. The van der Waals surface area contributed by atoms with Crippen molar-refractivity contribution < 1.29 is 5.11 Å². The molecule has 0 aliphatic heterocycles. The Morgan fingerprint density at radius 1 is 1.80 bits per heavy atom. The molecule has 0 saturated heterocycles. The van der Waals surface area contributed by atoms with E-state index < -0.39 is 0 Å². The van der Waals surface area contributed by atoms with Gasteiger partial charge in [0.25, 0.3) is 0 Å². The van der Waals surface area contributed by atoms with Crippen molar-refractivity contribution in [2.45, 2.75) is 6.61 Å². The fourth-order valence-corrected chi connectivity index (χ4v) is 1.48. The number of hydrogen-bond donors (Lipinski definition) is 3. The number of aliphatic hydroxyl groups excluding tert-OH is 1. The maximum absolute atomic E-state index is 8.71. The minimum atomic E-state index is -0.0432. The zero-order chi connectivity index (χ0) is 7.56. The highest BCUT2D eigenvalue weighted by atomic mass is 32.1. The largest absolute Gasteiger partial charge is 0.392 e. The zero-order valence-electron chi connectivity index (χ0n) is 5.29. The van der Waals surface area contributed by atoms with Gasteiger partial charge in [-0.2, -0.15) is 0 Å². The fraction of sp³-hybridized carbons (Fsp3) is 0.167. The first-order valence-electron chi connectivity index (χ1n) is 2.77. The number of nitrogens with one attached hydrogen (secondary N) is 1. The Kier molecular flexibility index (Phi) is 2.03. The zero-order valence-corrected chi connectivity index (χ0v) is 6.11. The Labute approximate surface area is 62.6 Å². The first-order valence-corrected chi connectivity index (χ1v) is 3.65. The van der Waals surface area contributed by atoms with Crippen LogP contribution < -0.4 is 5.73 Å². The third-order valence-electron chi connectivity index (χ3n) is 1.16. The quantitative estimate of drug-likeness (QED) is 0.431. The lowest BCUT2D eigenvalue weighted by atomic mass is 10.2. The molecule has 0 spiro atoms. The van der Waals surface area contributed by atoms with Gasteiger partial charge in [-0.05, 0) is 17.0 Å². The topological polar surface area (TPSA) is 70.1 Å². The molecule has 3 nitrogen and oxygen atoms in total. The number of thiophene rings is 1. The molecule has 0 fully saturated rings. The monoisotopic (exact) mass is 156 g/mol. The average molecular weight is 156 g/mol. The summed E-state index contributed by atoms with van der Waals surface area (Å²) in [5.74, 6) is 0.0269. The van der Waals surface area contributed by atoms with E-state index in [0.717, 1.165) is 5.56 Å². The van der Waals surface area contributed by atoms with E-state index in [9.17, 15) is 0 Å². The Morgan fingerprint density at radius 3 is 2.90 bits per heavy atom. The second-order valence-electron chi connectivity index (χ2n) is 1.85. The molecule has 0 unspecified atom stereocenters. The van der Waals surface area contributed by atoms with Crippen LogP contribution in [0.4, 0.5) is 0 Å². The highest BCUT2D eigenvalue weighted by Gasteiger charge is 2.04. The summed E-state index contributed by atoms with van der Waals surface area (Å²) in [6, 6.07) is 1.77. The molecule has 10 heavy (non-hydrogen) atoms. The maximum atomic E-state index is 8.71. The molecule has 0 amide bonds. The van der Waals surface area contributed by atoms with Crippen LogP contribution in [0.15, 0.2) is 11.4 Å². The minimum absolute atomic E-state index is 0.0269. The molecular weight excluding hydrogens is 148 g/mol. The molecule has 1 rings (SSSR count). The van der Waals surface area contributed by atoms with Crippen LogP contribution in [-0.2, 0) is 6.61 Å². The highest BCUT2D eigenvalue weighted by Crippen LogP contribution is 2.15. The van der Waals surface area contributed by atoms with Crippen LogP contribution in [0.2, 0.25) is 0 Å². The predicted octanol–water partition coefficient (Wildman–Crippen LogP) is 0.524. The summed E-state index contributed by atoms with van der Waals surface area (Å²) >= 11 is 1.37. The normalized spacial score (nSPS) is 9.70. The molecule has 0 aliphatic rings.